The van der Waals surface area contributed by atoms with Crippen LogP contribution >= 0.6 is 0 Å². The second kappa shape index (κ2) is 11.0. The highest BCUT2D eigenvalue weighted by Gasteiger charge is 2.49. The van der Waals surface area contributed by atoms with Crippen LogP contribution in [0.5, 0.6) is 5.75 Å². The molecule has 13 heteroatoms. The van der Waals surface area contributed by atoms with Crippen LogP contribution in [-0.2, 0) is 38.8 Å². The van der Waals surface area contributed by atoms with E-state index in [1.54, 1.807) is 23.0 Å². The zero-order valence-electron chi connectivity index (χ0n) is 19.2. The Labute approximate surface area is 201 Å². The van der Waals surface area contributed by atoms with Gasteiger partial charge in [-0.2, -0.15) is 0 Å². The fourth-order valence-corrected chi connectivity index (χ4v) is 4.09. The summed E-state index contributed by atoms with van der Waals surface area (Å²) in [6.07, 6.45) is 1.82. The third kappa shape index (κ3) is 5.71. The molecule has 1 aromatic heterocycles. The van der Waals surface area contributed by atoms with E-state index in [4.69, 9.17) is 19.9 Å². The van der Waals surface area contributed by atoms with Crippen LogP contribution in [0.3, 0.4) is 0 Å². The highest BCUT2D eigenvalue weighted by atomic mass is 16.6. The number of nitrogens with two attached hydrogens (primary N) is 1. The number of amides is 3. The maximum atomic E-state index is 13.4. The molecule has 2 unspecified atom stereocenters. The van der Waals surface area contributed by atoms with Crippen LogP contribution in [0.1, 0.15) is 34.5 Å². The molecule has 0 aliphatic carbocycles. The van der Waals surface area contributed by atoms with Crippen molar-refractivity contribution in [3.05, 3.63) is 46.4 Å². The lowest BCUT2D eigenvalue weighted by atomic mass is 10.0. The smallest absolute Gasteiger partial charge is 0.347 e. The minimum absolute atomic E-state index is 0.0344. The Morgan fingerprint density at radius 1 is 1.17 bits per heavy atom. The first kappa shape index (κ1) is 24.9. The Hall–Kier alpha value is -3.23. The first-order chi connectivity index (χ1) is 16.9. The van der Waals surface area contributed by atoms with Gasteiger partial charge in [0.1, 0.15) is 24.6 Å². The molecule has 0 saturated carbocycles. The van der Waals surface area contributed by atoms with E-state index in [-0.39, 0.29) is 31.6 Å². The van der Waals surface area contributed by atoms with Crippen LogP contribution in [0.2, 0.25) is 0 Å². The summed E-state index contributed by atoms with van der Waals surface area (Å²) in [5, 5.41) is 23.6. The Morgan fingerprint density at radius 2 is 1.97 bits per heavy atom. The SMILES string of the molecule is NCCOCCOCCn1cc(COc2ccc3c(c2)C[N+]([O-])(C2CCC(=O)NC2=O)C3=O)nn1. The number of hydroxylamine groups is 3. The third-order valence-electron chi connectivity index (χ3n) is 5.84. The van der Waals surface area contributed by atoms with Gasteiger partial charge in [0.25, 0.3) is 5.91 Å². The van der Waals surface area contributed by atoms with E-state index < -0.39 is 28.4 Å². The molecular formula is C22H28N6O7. The van der Waals surface area contributed by atoms with Gasteiger partial charge in [0.15, 0.2) is 6.04 Å². The van der Waals surface area contributed by atoms with E-state index in [1.807, 2.05) is 0 Å². The molecule has 1 saturated heterocycles. The fourth-order valence-electron chi connectivity index (χ4n) is 4.09. The van der Waals surface area contributed by atoms with Crippen LogP contribution < -0.4 is 15.8 Å². The molecule has 2 aromatic rings. The molecule has 4 rings (SSSR count). The van der Waals surface area contributed by atoms with Crippen molar-refractivity contribution in [3.63, 3.8) is 0 Å². The second-order valence-corrected chi connectivity index (χ2v) is 8.32. The molecule has 2 aliphatic rings. The van der Waals surface area contributed by atoms with Crippen LogP contribution in [0.15, 0.2) is 24.4 Å². The van der Waals surface area contributed by atoms with Crippen molar-refractivity contribution in [1.82, 2.24) is 20.3 Å². The highest BCUT2D eigenvalue weighted by Crippen LogP contribution is 2.36. The molecule has 3 N–H and O–H groups in total. The van der Waals surface area contributed by atoms with Gasteiger partial charge >= 0.3 is 5.91 Å². The Kier molecular flexibility index (Phi) is 7.83. The van der Waals surface area contributed by atoms with Gasteiger partial charge in [-0.25, -0.2) is 9.48 Å². The second-order valence-electron chi connectivity index (χ2n) is 8.32. The van der Waals surface area contributed by atoms with E-state index in [0.29, 0.717) is 56.5 Å². The van der Waals surface area contributed by atoms with Gasteiger partial charge < -0.3 is 25.2 Å². The third-order valence-corrected chi connectivity index (χ3v) is 5.84. The van der Waals surface area contributed by atoms with Gasteiger partial charge in [-0.05, 0) is 18.2 Å². The molecular weight excluding hydrogens is 460 g/mol. The van der Waals surface area contributed by atoms with E-state index in [0.717, 1.165) is 0 Å². The number of piperidine rings is 1. The summed E-state index contributed by atoms with van der Waals surface area (Å²) in [7, 11) is 0. The van der Waals surface area contributed by atoms with Crippen molar-refractivity contribution in [2.45, 2.75) is 38.6 Å². The quantitative estimate of drug-likeness (QED) is 0.174. The predicted molar refractivity (Wildman–Crippen MR) is 119 cm³/mol. The predicted octanol–water partition coefficient (Wildman–Crippen LogP) is -0.377. The minimum atomic E-state index is -1.33. The van der Waals surface area contributed by atoms with Crippen molar-refractivity contribution >= 4 is 17.7 Å². The lowest BCUT2D eigenvalue weighted by Crippen LogP contribution is -2.60. The van der Waals surface area contributed by atoms with E-state index in [2.05, 4.69) is 15.6 Å². The maximum absolute atomic E-state index is 13.4. The molecule has 1 fully saturated rings. The highest BCUT2D eigenvalue weighted by molar-refractivity contribution is 6.02. The van der Waals surface area contributed by atoms with Gasteiger partial charge in [0.05, 0.1) is 44.7 Å². The lowest BCUT2D eigenvalue weighted by Gasteiger charge is -2.42. The number of rotatable bonds is 12. The molecule has 35 heavy (non-hydrogen) atoms. The van der Waals surface area contributed by atoms with E-state index in [1.165, 1.54) is 6.07 Å². The number of ether oxygens (including phenoxy) is 3. The Morgan fingerprint density at radius 3 is 2.74 bits per heavy atom. The number of aromatic nitrogens is 3. The van der Waals surface area contributed by atoms with Crippen molar-refractivity contribution in [2.75, 3.05) is 33.0 Å². The largest absolute Gasteiger partial charge is 0.624 e. The number of nitrogens with one attached hydrogen (secondary N) is 1. The monoisotopic (exact) mass is 488 g/mol. The fraction of sp³-hybridized carbons (Fsp3) is 0.500. The Bertz CT molecular complexity index is 1090. The van der Waals surface area contributed by atoms with Crippen LogP contribution in [0.25, 0.3) is 0 Å². The number of imide groups is 1. The van der Waals surface area contributed by atoms with Crippen LogP contribution in [0, 0.1) is 5.21 Å². The number of quaternary nitrogens is 1. The van der Waals surface area contributed by atoms with E-state index in [9.17, 15) is 19.6 Å². The summed E-state index contributed by atoms with van der Waals surface area (Å²) in [5.74, 6) is -1.36. The summed E-state index contributed by atoms with van der Waals surface area (Å²) in [6, 6.07) is 3.61. The zero-order chi connectivity index (χ0) is 24.8. The molecule has 0 bridgehead atoms. The molecule has 3 heterocycles. The summed E-state index contributed by atoms with van der Waals surface area (Å²) >= 11 is 0. The van der Waals surface area contributed by atoms with Crippen molar-refractivity contribution in [1.29, 1.82) is 0 Å². The minimum Gasteiger partial charge on any atom is -0.624 e. The van der Waals surface area contributed by atoms with Gasteiger partial charge in [0.2, 0.25) is 5.91 Å². The first-order valence-electron chi connectivity index (χ1n) is 11.4. The number of hydrogen-bond acceptors (Lipinski definition) is 10. The van der Waals surface area contributed by atoms with Crippen molar-refractivity contribution < 1.29 is 33.2 Å². The van der Waals surface area contributed by atoms with Crippen molar-refractivity contribution in [3.8, 4) is 5.75 Å². The molecule has 188 valence electrons. The van der Waals surface area contributed by atoms with Crippen molar-refractivity contribution in [2.24, 2.45) is 5.73 Å². The van der Waals surface area contributed by atoms with Gasteiger partial charge in [0, 0.05) is 24.9 Å². The first-order valence-corrected chi connectivity index (χ1v) is 11.4. The number of carbonyl (C=O) groups excluding carboxylic acids is 3. The average molecular weight is 489 g/mol. The molecule has 2 aliphatic heterocycles. The summed E-state index contributed by atoms with van der Waals surface area (Å²) in [4.78, 5) is 36.4. The molecule has 0 spiro atoms. The van der Waals surface area contributed by atoms with E-state index >= 15 is 0 Å². The number of nitrogens with zero attached hydrogens (tertiary/aromatic N) is 4. The zero-order valence-corrected chi connectivity index (χ0v) is 19.2. The lowest BCUT2D eigenvalue weighted by molar-refractivity contribution is -0.825. The number of carbonyl (C=O) groups is 3. The van der Waals surface area contributed by atoms with Crippen LogP contribution in [-0.4, -0.2) is 76.4 Å². The number of hydrogen-bond donors (Lipinski definition) is 2. The summed E-state index contributed by atoms with van der Waals surface area (Å²) in [6.45, 7) is 2.88. The molecule has 2 atom stereocenters. The normalized spacial score (nSPS) is 21.8. The summed E-state index contributed by atoms with van der Waals surface area (Å²) in [5.41, 5.74) is 6.71. The standard InChI is InChI=1S/C22H28N6O7/c23-5-7-33-9-10-34-8-6-27-12-16(25-26-27)14-35-17-1-2-18-15(11-17)13-28(32,22(18)31)19-3-4-20(29)24-21(19)30/h1-2,11-12,19H,3-10,13-14,23H2,(H,24,29,30). The number of benzene rings is 1. The maximum Gasteiger partial charge on any atom is 0.347 e. The average Bonchev–Trinajstić information content (AvgIpc) is 3.39. The molecule has 3 amide bonds. The van der Waals surface area contributed by atoms with Gasteiger partial charge in [-0.3, -0.25) is 19.6 Å². The van der Waals surface area contributed by atoms with Crippen LogP contribution in [0.4, 0.5) is 0 Å². The number of fused-ring (bicyclic) bond motifs is 1. The summed E-state index contributed by atoms with van der Waals surface area (Å²) < 4.78 is 16.8. The molecule has 0 radical (unpaired) electrons. The Balaban J connectivity index is 1.29. The molecule has 13 nitrogen and oxygen atoms in total. The molecule has 1 aromatic carbocycles. The topological polar surface area (TPSA) is 171 Å². The van der Waals surface area contributed by atoms with Gasteiger partial charge in [-0.15, -0.1) is 5.10 Å². The van der Waals surface area contributed by atoms with Gasteiger partial charge in [-0.1, -0.05) is 5.21 Å².